The number of carbonyl (C=O) groups is 2. The Kier molecular flexibility index (Phi) is 6.77. The molecule has 1 atom stereocenters. The van der Waals surface area contributed by atoms with Crippen LogP contribution in [0.3, 0.4) is 0 Å². The van der Waals surface area contributed by atoms with Gasteiger partial charge in [0.05, 0.1) is 24.3 Å². The van der Waals surface area contributed by atoms with Gasteiger partial charge in [-0.3, -0.25) is 4.79 Å². The van der Waals surface area contributed by atoms with Crippen LogP contribution in [0, 0.1) is 5.41 Å². The van der Waals surface area contributed by atoms with Gasteiger partial charge < -0.3 is 29.2 Å². The van der Waals surface area contributed by atoms with E-state index in [1.165, 1.54) is 21.7 Å². The Morgan fingerprint density at radius 3 is 2.50 bits per heavy atom. The van der Waals surface area contributed by atoms with Gasteiger partial charge in [0.2, 0.25) is 0 Å². The lowest BCUT2D eigenvalue weighted by atomic mass is 9.63. The van der Waals surface area contributed by atoms with Crippen molar-refractivity contribution in [2.24, 2.45) is 5.41 Å². The summed E-state index contributed by atoms with van der Waals surface area (Å²) in [5.74, 6) is -0.552. The van der Waals surface area contributed by atoms with Gasteiger partial charge in [-0.1, -0.05) is 30.3 Å². The van der Waals surface area contributed by atoms with E-state index < -0.39 is 23.1 Å². The van der Waals surface area contributed by atoms with E-state index in [0.29, 0.717) is 37.2 Å². The van der Waals surface area contributed by atoms with Gasteiger partial charge in [-0.2, -0.15) is 0 Å². The number of rotatable bonds is 5. The molecule has 1 spiro atoms. The molecule has 2 aromatic rings. The number of hydrogen-bond donors (Lipinski definition) is 2. The normalized spacial score (nSPS) is 21.9. The SMILES string of the molecule is CCOC(=O)c1cn(CC2(O)CCN(C(=O)O)CC23CCOCC3)c(=O)cc1-c1ccccc1. The third-order valence-electron chi connectivity index (χ3n) is 7.13. The standard InChI is InChI=1S/C25H30N2O7/c1-2-34-22(29)20-15-27(21(28)14-19(20)18-6-4-3-5-7-18)17-25(32)8-11-26(23(30)31)16-24(25)9-12-33-13-10-24/h3-7,14-15,32H,2,8-13,16-17H2,1H3,(H,30,31). The maximum atomic E-state index is 13.2. The highest BCUT2D eigenvalue weighted by atomic mass is 16.5. The van der Waals surface area contributed by atoms with Crippen LogP contribution in [0.25, 0.3) is 11.1 Å². The van der Waals surface area contributed by atoms with Crippen molar-refractivity contribution >= 4 is 12.1 Å². The van der Waals surface area contributed by atoms with Crippen molar-refractivity contribution in [1.29, 1.82) is 0 Å². The minimum atomic E-state index is -1.34. The molecule has 2 N–H and O–H groups in total. The zero-order chi connectivity index (χ0) is 24.3. The average molecular weight is 471 g/mol. The van der Waals surface area contributed by atoms with Gasteiger partial charge in [-0.25, -0.2) is 9.59 Å². The summed E-state index contributed by atoms with van der Waals surface area (Å²) in [6.07, 6.45) is 1.57. The summed E-state index contributed by atoms with van der Waals surface area (Å²) in [4.78, 5) is 39.0. The fraction of sp³-hybridized carbons (Fsp3) is 0.480. The highest BCUT2D eigenvalue weighted by Crippen LogP contribution is 2.47. The molecule has 3 heterocycles. The van der Waals surface area contributed by atoms with Crippen LogP contribution >= 0.6 is 0 Å². The van der Waals surface area contributed by atoms with Crippen LogP contribution in [-0.4, -0.2) is 70.3 Å². The maximum Gasteiger partial charge on any atom is 0.407 e. The van der Waals surface area contributed by atoms with Crippen molar-refractivity contribution in [2.75, 3.05) is 32.9 Å². The van der Waals surface area contributed by atoms with Crippen LogP contribution in [0.1, 0.15) is 36.5 Å². The van der Waals surface area contributed by atoms with E-state index in [4.69, 9.17) is 9.47 Å². The van der Waals surface area contributed by atoms with Crippen molar-refractivity contribution < 1.29 is 29.3 Å². The first-order valence-electron chi connectivity index (χ1n) is 11.5. The fourth-order valence-electron chi connectivity index (χ4n) is 5.18. The molecule has 1 aromatic heterocycles. The van der Waals surface area contributed by atoms with Gasteiger partial charge in [0.1, 0.15) is 0 Å². The smallest absolute Gasteiger partial charge is 0.407 e. The summed E-state index contributed by atoms with van der Waals surface area (Å²) in [6, 6.07) is 10.5. The molecule has 9 heteroatoms. The molecule has 4 rings (SSSR count). The molecule has 0 aliphatic carbocycles. The summed E-state index contributed by atoms with van der Waals surface area (Å²) in [5, 5.41) is 21.4. The molecule has 2 aliphatic heterocycles. The second-order valence-corrected chi connectivity index (χ2v) is 9.03. The Morgan fingerprint density at radius 2 is 1.85 bits per heavy atom. The third-order valence-corrected chi connectivity index (χ3v) is 7.13. The number of pyridine rings is 1. The van der Waals surface area contributed by atoms with Crippen LogP contribution < -0.4 is 5.56 Å². The third kappa shape index (κ3) is 4.45. The molecule has 2 aliphatic rings. The number of hydrogen-bond acceptors (Lipinski definition) is 6. The minimum absolute atomic E-state index is 0.0548. The Hall–Kier alpha value is -3.17. The first kappa shape index (κ1) is 24.0. The van der Waals surface area contributed by atoms with Gasteiger partial charge in [0.15, 0.2) is 0 Å². The van der Waals surface area contributed by atoms with Crippen LogP contribution in [-0.2, 0) is 16.0 Å². The van der Waals surface area contributed by atoms with E-state index in [1.54, 1.807) is 6.92 Å². The first-order valence-corrected chi connectivity index (χ1v) is 11.5. The average Bonchev–Trinajstić information content (AvgIpc) is 2.83. The lowest BCUT2D eigenvalue weighted by molar-refractivity contribution is -0.174. The Morgan fingerprint density at radius 1 is 1.15 bits per heavy atom. The topological polar surface area (TPSA) is 118 Å². The van der Waals surface area contributed by atoms with Crippen LogP contribution in [0.15, 0.2) is 47.4 Å². The molecule has 2 saturated heterocycles. The van der Waals surface area contributed by atoms with Gasteiger partial charge >= 0.3 is 12.1 Å². The molecule has 2 fully saturated rings. The van der Waals surface area contributed by atoms with Crippen molar-refractivity contribution in [3.05, 3.63) is 58.5 Å². The van der Waals surface area contributed by atoms with Gasteiger partial charge in [0.25, 0.3) is 5.56 Å². The second-order valence-electron chi connectivity index (χ2n) is 9.03. The van der Waals surface area contributed by atoms with Crippen molar-refractivity contribution in [3.8, 4) is 11.1 Å². The van der Waals surface area contributed by atoms with Crippen molar-refractivity contribution in [2.45, 2.75) is 38.3 Å². The second kappa shape index (κ2) is 9.60. The highest BCUT2D eigenvalue weighted by molar-refractivity contribution is 5.96. The summed E-state index contributed by atoms with van der Waals surface area (Å²) >= 11 is 0. The number of nitrogens with zero attached hydrogens (tertiary/aromatic N) is 2. The van der Waals surface area contributed by atoms with Gasteiger partial charge in [-0.05, 0) is 31.7 Å². The number of aromatic nitrogens is 1. The number of carboxylic acid groups (broad SMARTS) is 1. The number of carbonyl (C=O) groups excluding carboxylic acids is 1. The molecule has 1 aromatic carbocycles. The number of esters is 1. The molecule has 0 radical (unpaired) electrons. The summed E-state index contributed by atoms with van der Waals surface area (Å²) in [5.41, 5.74) is -1.03. The largest absolute Gasteiger partial charge is 0.465 e. The van der Waals surface area contributed by atoms with Crippen molar-refractivity contribution in [3.63, 3.8) is 0 Å². The maximum absolute atomic E-state index is 13.2. The van der Waals surface area contributed by atoms with E-state index in [9.17, 15) is 24.6 Å². The minimum Gasteiger partial charge on any atom is -0.465 e. The Balaban J connectivity index is 1.75. The Labute approximate surface area is 197 Å². The quantitative estimate of drug-likeness (QED) is 0.645. The Bertz CT molecular complexity index is 1110. The number of benzene rings is 1. The monoisotopic (exact) mass is 470 g/mol. The van der Waals surface area contributed by atoms with Crippen molar-refractivity contribution in [1.82, 2.24) is 9.47 Å². The zero-order valence-corrected chi connectivity index (χ0v) is 19.2. The van der Waals surface area contributed by atoms with E-state index in [-0.39, 0.29) is 43.8 Å². The number of aliphatic hydroxyl groups is 1. The lowest BCUT2D eigenvalue weighted by Crippen LogP contribution is -2.64. The molecule has 0 saturated carbocycles. The molecule has 1 amide bonds. The molecule has 1 unspecified atom stereocenters. The molecule has 182 valence electrons. The predicted octanol–water partition coefficient (Wildman–Crippen LogP) is 2.60. The summed E-state index contributed by atoms with van der Waals surface area (Å²) in [6.45, 7) is 2.99. The van der Waals surface area contributed by atoms with E-state index >= 15 is 0 Å². The lowest BCUT2D eigenvalue weighted by Gasteiger charge is -2.54. The molecule has 0 bridgehead atoms. The van der Waals surface area contributed by atoms with E-state index in [2.05, 4.69) is 0 Å². The zero-order valence-electron chi connectivity index (χ0n) is 19.2. The summed E-state index contributed by atoms with van der Waals surface area (Å²) in [7, 11) is 0. The molecule has 34 heavy (non-hydrogen) atoms. The number of likely N-dealkylation sites (tertiary alicyclic amines) is 1. The van der Waals surface area contributed by atoms with E-state index in [1.807, 2.05) is 30.3 Å². The van der Waals surface area contributed by atoms with E-state index in [0.717, 1.165) is 0 Å². The molecular formula is C25H30N2O7. The number of amides is 1. The predicted molar refractivity (Wildman–Crippen MR) is 124 cm³/mol. The first-order chi connectivity index (χ1) is 16.3. The fourth-order valence-corrected chi connectivity index (χ4v) is 5.18. The van der Waals surface area contributed by atoms with Crippen LogP contribution in [0.2, 0.25) is 0 Å². The summed E-state index contributed by atoms with van der Waals surface area (Å²) < 4.78 is 12.1. The van der Waals surface area contributed by atoms with Crippen LogP contribution in [0.4, 0.5) is 4.79 Å². The molecule has 9 nitrogen and oxygen atoms in total. The van der Waals surface area contributed by atoms with Gasteiger partial charge in [-0.15, -0.1) is 0 Å². The molecular weight excluding hydrogens is 440 g/mol. The highest BCUT2D eigenvalue weighted by Gasteiger charge is 2.55. The number of piperidine rings is 1. The number of ether oxygens (including phenoxy) is 2. The van der Waals surface area contributed by atoms with Crippen LogP contribution in [0.5, 0.6) is 0 Å². The van der Waals surface area contributed by atoms with Gasteiger partial charge in [0, 0.05) is 49.5 Å².